The quantitative estimate of drug-likeness (QED) is 0.506. The molecule has 0 unspecified atom stereocenters. The van der Waals surface area contributed by atoms with Gasteiger partial charge < -0.3 is 10.6 Å². The van der Waals surface area contributed by atoms with E-state index < -0.39 is 0 Å². The molecular formula is C23H21N7O. The summed E-state index contributed by atoms with van der Waals surface area (Å²) in [4.78, 5) is 22.6. The fraction of sp³-hybridized carbons (Fsp3) is 0.130. The molecule has 1 saturated heterocycles. The van der Waals surface area contributed by atoms with Crippen molar-refractivity contribution in [2.45, 2.75) is 6.54 Å². The third kappa shape index (κ3) is 4.23. The van der Waals surface area contributed by atoms with E-state index in [4.69, 9.17) is 0 Å². The Morgan fingerprint density at radius 3 is 2.65 bits per heavy atom. The highest BCUT2D eigenvalue weighted by Crippen LogP contribution is 2.23. The molecule has 2 aromatic heterocycles. The number of urea groups is 1. The van der Waals surface area contributed by atoms with Gasteiger partial charge in [-0.3, -0.25) is 9.58 Å². The second-order valence-corrected chi connectivity index (χ2v) is 7.23. The molecule has 2 N–H and O–H groups in total. The lowest BCUT2D eigenvalue weighted by atomic mass is 10.2. The lowest BCUT2D eigenvalue weighted by Gasteiger charge is -2.14. The predicted octanol–water partition coefficient (Wildman–Crippen LogP) is 3.66. The first-order chi connectivity index (χ1) is 15.2. The minimum Gasteiger partial charge on any atom is -0.338 e. The lowest BCUT2D eigenvalue weighted by Crippen LogP contribution is -2.27. The molecule has 0 bridgehead atoms. The van der Waals surface area contributed by atoms with Gasteiger partial charge in [0, 0.05) is 36.7 Å². The maximum absolute atomic E-state index is 11.8. The van der Waals surface area contributed by atoms with Gasteiger partial charge in [-0.15, -0.1) is 0 Å². The van der Waals surface area contributed by atoms with Gasteiger partial charge in [-0.05, 0) is 35.9 Å². The molecule has 8 nitrogen and oxygen atoms in total. The summed E-state index contributed by atoms with van der Waals surface area (Å²) in [5, 5.41) is 10.5. The number of rotatable bonds is 6. The average Bonchev–Trinajstić information content (AvgIpc) is 3.43. The van der Waals surface area contributed by atoms with Crippen LogP contribution in [-0.4, -0.2) is 38.9 Å². The summed E-state index contributed by atoms with van der Waals surface area (Å²) in [7, 11) is 0. The largest absolute Gasteiger partial charge is 0.338 e. The van der Waals surface area contributed by atoms with E-state index >= 15 is 0 Å². The van der Waals surface area contributed by atoms with Gasteiger partial charge in [0.05, 0.1) is 18.4 Å². The third-order valence-electron chi connectivity index (χ3n) is 5.04. The van der Waals surface area contributed by atoms with E-state index in [9.17, 15) is 4.79 Å². The second kappa shape index (κ2) is 8.27. The van der Waals surface area contributed by atoms with E-state index in [0.717, 1.165) is 16.9 Å². The minimum absolute atomic E-state index is 0.0667. The van der Waals surface area contributed by atoms with Crippen molar-refractivity contribution in [3.05, 3.63) is 84.8 Å². The molecule has 0 atom stereocenters. The van der Waals surface area contributed by atoms with Crippen molar-refractivity contribution in [2.75, 3.05) is 23.3 Å². The molecule has 1 aliphatic heterocycles. The molecule has 1 aliphatic rings. The minimum atomic E-state index is -0.0667. The number of hydrogen-bond acceptors (Lipinski definition) is 5. The number of benzene rings is 2. The summed E-state index contributed by atoms with van der Waals surface area (Å²) in [6.45, 7) is 2.05. The molecule has 0 spiro atoms. The van der Waals surface area contributed by atoms with Crippen LogP contribution >= 0.6 is 0 Å². The molecule has 2 aromatic carbocycles. The normalized spacial score (nSPS) is 13.3. The van der Waals surface area contributed by atoms with E-state index in [1.807, 2.05) is 59.4 Å². The lowest BCUT2D eigenvalue weighted by molar-refractivity contribution is 0.252. The van der Waals surface area contributed by atoms with E-state index in [-0.39, 0.29) is 6.03 Å². The van der Waals surface area contributed by atoms with Gasteiger partial charge in [-0.1, -0.05) is 30.3 Å². The standard InChI is InChI=1S/C23H21N7O/c31-23-25-12-13-30(23)20-8-6-18(7-9-20)22-24-11-10-21(28-22)27-19-14-26-29(16-19)15-17-4-2-1-3-5-17/h1-11,14,16H,12-13,15H2,(H,25,31)(H,24,27,28). The first-order valence-corrected chi connectivity index (χ1v) is 10.1. The summed E-state index contributed by atoms with van der Waals surface area (Å²) in [5.41, 5.74) is 3.79. The molecular weight excluding hydrogens is 390 g/mol. The number of hydrogen-bond donors (Lipinski definition) is 2. The van der Waals surface area contributed by atoms with Crippen LogP contribution in [0.25, 0.3) is 11.4 Å². The van der Waals surface area contributed by atoms with Crippen molar-refractivity contribution in [1.29, 1.82) is 0 Å². The number of nitrogens with one attached hydrogen (secondary N) is 2. The van der Waals surface area contributed by atoms with Crippen LogP contribution < -0.4 is 15.5 Å². The molecule has 3 heterocycles. The molecule has 5 rings (SSSR count). The summed E-state index contributed by atoms with van der Waals surface area (Å²) in [5.74, 6) is 1.30. The number of amides is 2. The second-order valence-electron chi connectivity index (χ2n) is 7.23. The van der Waals surface area contributed by atoms with E-state index in [1.54, 1.807) is 17.3 Å². The van der Waals surface area contributed by atoms with Gasteiger partial charge in [0.15, 0.2) is 5.82 Å². The molecule has 4 aromatic rings. The topological polar surface area (TPSA) is 88.0 Å². The first-order valence-electron chi connectivity index (χ1n) is 10.1. The first kappa shape index (κ1) is 18.8. The Morgan fingerprint density at radius 2 is 1.87 bits per heavy atom. The Hall–Kier alpha value is -4.20. The molecule has 1 fully saturated rings. The van der Waals surface area contributed by atoms with Gasteiger partial charge in [0.25, 0.3) is 0 Å². The number of carbonyl (C=O) groups is 1. The molecule has 0 saturated carbocycles. The van der Waals surface area contributed by atoms with Crippen LogP contribution in [0.4, 0.5) is 22.0 Å². The maximum Gasteiger partial charge on any atom is 0.321 e. The van der Waals surface area contributed by atoms with Crippen LogP contribution in [0.15, 0.2) is 79.3 Å². The molecule has 31 heavy (non-hydrogen) atoms. The van der Waals surface area contributed by atoms with Crippen LogP contribution in [-0.2, 0) is 6.54 Å². The monoisotopic (exact) mass is 411 g/mol. The van der Waals surface area contributed by atoms with Crippen molar-refractivity contribution in [3.8, 4) is 11.4 Å². The van der Waals surface area contributed by atoms with E-state index in [0.29, 0.717) is 31.3 Å². The highest BCUT2D eigenvalue weighted by molar-refractivity contribution is 5.94. The highest BCUT2D eigenvalue weighted by atomic mass is 16.2. The predicted molar refractivity (Wildman–Crippen MR) is 119 cm³/mol. The SMILES string of the molecule is O=C1NCCN1c1ccc(-c2nccc(Nc3cnn(Cc4ccccc4)c3)n2)cc1. The molecule has 0 radical (unpaired) electrons. The zero-order valence-corrected chi connectivity index (χ0v) is 16.8. The Balaban J connectivity index is 1.29. The zero-order chi connectivity index (χ0) is 21.0. The third-order valence-corrected chi connectivity index (χ3v) is 5.04. The van der Waals surface area contributed by atoms with Crippen molar-refractivity contribution in [3.63, 3.8) is 0 Å². The van der Waals surface area contributed by atoms with Crippen molar-refractivity contribution >= 4 is 23.2 Å². The number of carbonyl (C=O) groups excluding carboxylic acids is 1. The average molecular weight is 411 g/mol. The van der Waals surface area contributed by atoms with Crippen LogP contribution in [0.2, 0.25) is 0 Å². The Bertz CT molecular complexity index is 1190. The Kier molecular flexibility index (Phi) is 5.02. The van der Waals surface area contributed by atoms with Gasteiger partial charge in [-0.25, -0.2) is 14.8 Å². The van der Waals surface area contributed by atoms with Crippen molar-refractivity contribution in [2.24, 2.45) is 0 Å². The fourth-order valence-corrected chi connectivity index (χ4v) is 3.51. The van der Waals surface area contributed by atoms with Crippen LogP contribution in [0.1, 0.15) is 5.56 Å². The van der Waals surface area contributed by atoms with Crippen molar-refractivity contribution in [1.82, 2.24) is 25.1 Å². The van der Waals surface area contributed by atoms with Crippen LogP contribution in [0.3, 0.4) is 0 Å². The van der Waals surface area contributed by atoms with E-state index in [1.165, 1.54) is 5.56 Å². The van der Waals surface area contributed by atoms with Gasteiger partial charge in [-0.2, -0.15) is 5.10 Å². The zero-order valence-electron chi connectivity index (χ0n) is 16.8. The summed E-state index contributed by atoms with van der Waals surface area (Å²) >= 11 is 0. The smallest absolute Gasteiger partial charge is 0.321 e. The van der Waals surface area contributed by atoms with Gasteiger partial charge in [0.1, 0.15) is 5.82 Å². The van der Waals surface area contributed by atoms with Gasteiger partial charge in [0.2, 0.25) is 0 Å². The molecule has 0 aliphatic carbocycles. The molecule has 8 heteroatoms. The van der Waals surface area contributed by atoms with Crippen LogP contribution in [0.5, 0.6) is 0 Å². The van der Waals surface area contributed by atoms with Crippen LogP contribution in [0, 0.1) is 0 Å². The number of nitrogens with zero attached hydrogens (tertiary/aromatic N) is 5. The molecule has 2 amide bonds. The summed E-state index contributed by atoms with van der Waals surface area (Å²) < 4.78 is 1.88. The Labute approximate surface area is 179 Å². The number of anilines is 3. The number of aromatic nitrogens is 4. The van der Waals surface area contributed by atoms with Crippen molar-refractivity contribution < 1.29 is 4.79 Å². The fourth-order valence-electron chi connectivity index (χ4n) is 3.51. The molecule has 154 valence electrons. The maximum atomic E-state index is 11.8. The van der Waals surface area contributed by atoms with Gasteiger partial charge >= 0.3 is 6.03 Å². The van der Waals surface area contributed by atoms with E-state index in [2.05, 4.69) is 37.8 Å². The Morgan fingerprint density at radius 1 is 1.03 bits per heavy atom. The summed E-state index contributed by atoms with van der Waals surface area (Å²) in [6.07, 6.45) is 5.45. The summed E-state index contributed by atoms with van der Waals surface area (Å²) in [6, 6.07) is 19.6. The highest BCUT2D eigenvalue weighted by Gasteiger charge is 2.20.